The number of hydrogen-bond donors (Lipinski definition) is 2. The molecule has 0 fully saturated rings. The Morgan fingerprint density at radius 2 is 2.05 bits per heavy atom. The maximum atomic E-state index is 8.80. The van der Waals surface area contributed by atoms with E-state index in [1.54, 1.807) is 14.0 Å². The highest BCUT2D eigenvalue weighted by Crippen LogP contribution is 2.27. The number of rotatable bonds is 4. The van der Waals surface area contributed by atoms with Gasteiger partial charge in [0.1, 0.15) is 5.75 Å². The molecule has 0 saturated heterocycles. The Morgan fingerprint density at radius 3 is 2.63 bits per heavy atom. The highest BCUT2D eigenvalue weighted by Gasteiger charge is 2.10. The molecule has 0 radical (unpaired) electrons. The molecule has 0 unspecified atom stereocenters. The lowest BCUT2D eigenvalue weighted by Crippen LogP contribution is -1.92. The van der Waals surface area contributed by atoms with Crippen LogP contribution in [0, 0.1) is 6.92 Å². The van der Waals surface area contributed by atoms with Crippen LogP contribution in [0.25, 0.3) is 0 Å². The Kier molecular flexibility index (Phi) is 4.01. The Morgan fingerprint density at radius 1 is 1.37 bits per heavy atom. The van der Waals surface area contributed by atoms with Gasteiger partial charge in [0.2, 0.25) is 0 Å². The molecule has 0 aliphatic rings. The summed E-state index contributed by atoms with van der Waals surface area (Å²) in [4.78, 5) is 5.28. The number of hydrogen-bond acceptors (Lipinski definition) is 6. The van der Waals surface area contributed by atoms with E-state index in [0.717, 1.165) is 27.1 Å². The van der Waals surface area contributed by atoms with Crippen molar-refractivity contribution in [3.63, 3.8) is 0 Å². The molecule has 6 heteroatoms. The Balaban J connectivity index is 2.19. The van der Waals surface area contributed by atoms with E-state index in [1.807, 2.05) is 31.2 Å². The maximum absolute atomic E-state index is 8.80. The van der Waals surface area contributed by atoms with E-state index in [4.69, 9.17) is 9.94 Å². The van der Waals surface area contributed by atoms with Crippen LogP contribution in [-0.2, 0) is 0 Å². The van der Waals surface area contributed by atoms with E-state index in [2.05, 4.69) is 15.5 Å². The lowest BCUT2D eigenvalue weighted by molar-refractivity contribution is 0.319. The monoisotopic (exact) mass is 277 g/mol. The number of ether oxygens (including phenoxy) is 1. The zero-order valence-corrected chi connectivity index (χ0v) is 11.8. The third-order valence-corrected chi connectivity index (χ3v) is 3.80. The minimum Gasteiger partial charge on any atom is -0.497 e. The molecule has 5 nitrogen and oxygen atoms in total. The number of aromatic nitrogens is 1. The first kappa shape index (κ1) is 13.4. The minimum absolute atomic E-state index is 0.567. The van der Waals surface area contributed by atoms with Crippen LogP contribution in [0.3, 0.4) is 0 Å². The van der Waals surface area contributed by atoms with Crippen LogP contribution in [0.2, 0.25) is 0 Å². The fourth-order valence-corrected chi connectivity index (χ4v) is 2.56. The Hall–Kier alpha value is -2.08. The van der Waals surface area contributed by atoms with Gasteiger partial charge in [0.25, 0.3) is 0 Å². The summed E-state index contributed by atoms with van der Waals surface area (Å²) in [6, 6.07) is 7.60. The maximum Gasteiger partial charge on any atom is 0.188 e. The third-order valence-electron chi connectivity index (χ3n) is 2.62. The molecule has 0 aliphatic heterocycles. The predicted molar refractivity (Wildman–Crippen MR) is 77.1 cm³/mol. The molecule has 0 atom stereocenters. The summed E-state index contributed by atoms with van der Waals surface area (Å²) in [5.41, 5.74) is 2.34. The molecule has 100 valence electrons. The molecule has 1 aromatic heterocycles. The highest BCUT2D eigenvalue weighted by molar-refractivity contribution is 7.17. The standard InChI is InChI=1S/C13H15N3O2S/c1-8-12(9(2)16-17)19-13(14-8)15-10-4-6-11(18-3)7-5-10/h4-7,17H,1-3H3,(H,14,15)/b16-9-. The van der Waals surface area contributed by atoms with Gasteiger partial charge in [-0.2, -0.15) is 0 Å². The second-order valence-electron chi connectivity index (χ2n) is 3.97. The quantitative estimate of drug-likeness (QED) is 0.510. The van der Waals surface area contributed by atoms with Gasteiger partial charge in [0.05, 0.1) is 23.4 Å². The summed E-state index contributed by atoms with van der Waals surface area (Å²) < 4.78 is 5.10. The average Bonchev–Trinajstić information content (AvgIpc) is 2.79. The van der Waals surface area contributed by atoms with Crippen molar-refractivity contribution in [1.29, 1.82) is 0 Å². The number of methoxy groups -OCH3 is 1. The molecule has 1 aromatic carbocycles. The van der Waals surface area contributed by atoms with E-state index in [9.17, 15) is 0 Å². The van der Waals surface area contributed by atoms with Gasteiger partial charge in [-0.05, 0) is 38.1 Å². The number of aryl methyl sites for hydroxylation is 1. The van der Waals surface area contributed by atoms with E-state index >= 15 is 0 Å². The van der Waals surface area contributed by atoms with Gasteiger partial charge in [0.15, 0.2) is 5.13 Å². The normalized spacial score (nSPS) is 11.4. The van der Waals surface area contributed by atoms with Crippen LogP contribution in [-0.4, -0.2) is 23.0 Å². The van der Waals surface area contributed by atoms with Crippen LogP contribution in [0.5, 0.6) is 5.75 Å². The lowest BCUT2D eigenvalue weighted by atomic mass is 10.3. The summed E-state index contributed by atoms with van der Waals surface area (Å²) >= 11 is 1.45. The highest BCUT2D eigenvalue weighted by atomic mass is 32.1. The molecule has 0 spiro atoms. The van der Waals surface area contributed by atoms with Crippen molar-refractivity contribution in [2.24, 2.45) is 5.16 Å². The Labute approximate surface area is 115 Å². The smallest absolute Gasteiger partial charge is 0.188 e. The third kappa shape index (κ3) is 3.03. The van der Waals surface area contributed by atoms with Crippen molar-refractivity contribution in [2.45, 2.75) is 13.8 Å². The van der Waals surface area contributed by atoms with Crippen molar-refractivity contribution in [3.05, 3.63) is 34.8 Å². The van der Waals surface area contributed by atoms with Crippen molar-refractivity contribution in [2.75, 3.05) is 12.4 Å². The van der Waals surface area contributed by atoms with Crippen LogP contribution in [0.1, 0.15) is 17.5 Å². The first-order valence-corrected chi connectivity index (χ1v) is 6.53. The minimum atomic E-state index is 0.567. The predicted octanol–water partition coefficient (Wildman–Crippen LogP) is 3.40. The van der Waals surface area contributed by atoms with Crippen LogP contribution in [0.15, 0.2) is 29.4 Å². The molecule has 2 aromatic rings. The van der Waals surface area contributed by atoms with Crippen LogP contribution < -0.4 is 10.1 Å². The van der Waals surface area contributed by atoms with E-state index < -0.39 is 0 Å². The number of nitrogens with zero attached hydrogens (tertiary/aromatic N) is 2. The first-order chi connectivity index (χ1) is 9.13. The zero-order valence-electron chi connectivity index (χ0n) is 11.0. The van der Waals surface area contributed by atoms with Crippen molar-refractivity contribution in [1.82, 2.24) is 4.98 Å². The zero-order chi connectivity index (χ0) is 13.8. The first-order valence-electron chi connectivity index (χ1n) is 5.71. The summed E-state index contributed by atoms with van der Waals surface area (Å²) in [6.45, 7) is 3.64. The van der Waals surface area contributed by atoms with Crippen LogP contribution in [0.4, 0.5) is 10.8 Å². The molecular formula is C13H15N3O2S. The SMILES string of the molecule is COc1ccc(Nc2nc(C)c(/C(C)=N\O)s2)cc1. The summed E-state index contributed by atoms with van der Waals surface area (Å²) in [7, 11) is 1.63. The number of oxime groups is 1. The summed E-state index contributed by atoms with van der Waals surface area (Å²) in [6.07, 6.45) is 0. The molecule has 2 rings (SSSR count). The van der Waals surface area contributed by atoms with E-state index in [1.165, 1.54) is 11.3 Å². The second kappa shape index (κ2) is 5.71. The molecule has 0 saturated carbocycles. The fraction of sp³-hybridized carbons (Fsp3) is 0.231. The van der Waals surface area contributed by atoms with Crippen molar-refractivity contribution in [3.8, 4) is 5.75 Å². The number of anilines is 2. The molecule has 19 heavy (non-hydrogen) atoms. The fourth-order valence-electron chi connectivity index (χ4n) is 1.63. The Bertz CT molecular complexity index is 590. The van der Waals surface area contributed by atoms with Crippen molar-refractivity contribution >= 4 is 27.9 Å². The molecule has 0 amide bonds. The number of nitrogens with one attached hydrogen (secondary N) is 1. The average molecular weight is 277 g/mol. The molecule has 2 N–H and O–H groups in total. The van der Waals surface area contributed by atoms with E-state index in [-0.39, 0.29) is 0 Å². The molecule has 0 bridgehead atoms. The van der Waals surface area contributed by atoms with Gasteiger partial charge in [-0.25, -0.2) is 4.98 Å². The molecular weight excluding hydrogens is 262 g/mol. The number of thiazole rings is 1. The lowest BCUT2D eigenvalue weighted by Gasteiger charge is -2.03. The van der Waals surface area contributed by atoms with Gasteiger partial charge in [-0.1, -0.05) is 16.5 Å². The van der Waals surface area contributed by atoms with Gasteiger partial charge in [-0.3, -0.25) is 0 Å². The molecule has 1 heterocycles. The van der Waals surface area contributed by atoms with Gasteiger partial charge < -0.3 is 15.3 Å². The topological polar surface area (TPSA) is 66.7 Å². The van der Waals surface area contributed by atoms with Crippen LogP contribution >= 0.6 is 11.3 Å². The van der Waals surface area contributed by atoms with E-state index in [0.29, 0.717) is 5.71 Å². The summed E-state index contributed by atoms with van der Waals surface area (Å²) in [5, 5.41) is 16.0. The van der Waals surface area contributed by atoms with Gasteiger partial charge in [-0.15, -0.1) is 0 Å². The van der Waals surface area contributed by atoms with Gasteiger partial charge in [0, 0.05) is 5.69 Å². The number of benzene rings is 1. The largest absolute Gasteiger partial charge is 0.497 e. The summed E-state index contributed by atoms with van der Waals surface area (Å²) in [5.74, 6) is 0.810. The molecule has 0 aliphatic carbocycles. The second-order valence-corrected chi connectivity index (χ2v) is 4.97. The van der Waals surface area contributed by atoms with Gasteiger partial charge >= 0.3 is 0 Å². The van der Waals surface area contributed by atoms with Crippen molar-refractivity contribution < 1.29 is 9.94 Å².